The number of benzene rings is 1. The largest absolute Gasteiger partial charge is 0.507 e. The maximum absolute atomic E-state index is 9.93. The van der Waals surface area contributed by atoms with E-state index < -0.39 is 30.9 Å². The third-order valence-electron chi connectivity index (χ3n) is 3.40. The second-order valence-electron chi connectivity index (χ2n) is 4.76. The van der Waals surface area contributed by atoms with Gasteiger partial charge in [-0.2, -0.15) is 0 Å². The summed E-state index contributed by atoms with van der Waals surface area (Å²) in [4.78, 5) is 0. The molecule has 3 N–H and O–H groups in total. The molecule has 1 aromatic rings. The molecule has 2 heterocycles. The fourth-order valence-corrected chi connectivity index (χ4v) is 2.45. The Bertz CT molecular complexity index is 451. The first-order valence-electron chi connectivity index (χ1n) is 6.21. The van der Waals surface area contributed by atoms with Gasteiger partial charge in [-0.3, -0.25) is 0 Å². The molecule has 6 nitrogen and oxygen atoms in total. The topological polar surface area (TPSA) is 88.4 Å². The minimum Gasteiger partial charge on any atom is -0.507 e. The second-order valence-corrected chi connectivity index (χ2v) is 4.76. The molecule has 0 bridgehead atoms. The van der Waals surface area contributed by atoms with Crippen LogP contribution in [0, 0.1) is 0 Å². The van der Waals surface area contributed by atoms with Crippen molar-refractivity contribution in [2.75, 3.05) is 6.61 Å². The highest BCUT2D eigenvalue weighted by Gasteiger charge is 2.43. The standard InChI is InChI=1S/C13H16O6/c14-8-4-2-1-3-7(8)13-17-6-10-12(19-13)9(15)5-11(16)18-10/h1-4,9-16H,5-6H2/t9-,10-,11?,12-,13?/m1/s1. The van der Waals surface area contributed by atoms with E-state index in [9.17, 15) is 15.3 Å². The van der Waals surface area contributed by atoms with Gasteiger partial charge in [0.1, 0.15) is 18.0 Å². The van der Waals surface area contributed by atoms with E-state index >= 15 is 0 Å². The number of hydrogen-bond acceptors (Lipinski definition) is 6. The molecule has 0 aromatic heterocycles. The zero-order chi connectivity index (χ0) is 13.4. The number of para-hydroxylation sites is 1. The molecule has 5 atom stereocenters. The van der Waals surface area contributed by atoms with E-state index in [0.717, 1.165) is 0 Å². The van der Waals surface area contributed by atoms with Gasteiger partial charge in [-0.15, -0.1) is 0 Å². The lowest BCUT2D eigenvalue weighted by molar-refractivity contribution is -0.331. The minimum atomic E-state index is -0.995. The van der Waals surface area contributed by atoms with E-state index in [1.807, 2.05) is 0 Å². The molecule has 3 rings (SSSR count). The zero-order valence-corrected chi connectivity index (χ0v) is 10.2. The van der Waals surface area contributed by atoms with Gasteiger partial charge in [-0.1, -0.05) is 18.2 Å². The highest BCUT2D eigenvalue weighted by molar-refractivity contribution is 5.33. The first-order chi connectivity index (χ1) is 9.15. The number of aromatic hydroxyl groups is 1. The Morgan fingerprint density at radius 3 is 2.68 bits per heavy atom. The molecule has 0 amide bonds. The summed E-state index contributed by atoms with van der Waals surface area (Å²) in [5.41, 5.74) is 0.513. The molecule has 0 aliphatic carbocycles. The fourth-order valence-electron chi connectivity index (χ4n) is 2.45. The summed E-state index contributed by atoms with van der Waals surface area (Å²) < 4.78 is 16.4. The molecule has 2 aliphatic heterocycles. The van der Waals surface area contributed by atoms with E-state index in [1.54, 1.807) is 24.3 Å². The molecule has 2 fully saturated rings. The molecule has 2 unspecified atom stereocenters. The molecule has 1 aromatic carbocycles. The molecule has 6 heteroatoms. The van der Waals surface area contributed by atoms with Crippen molar-refractivity contribution in [1.29, 1.82) is 0 Å². The zero-order valence-electron chi connectivity index (χ0n) is 10.2. The summed E-state index contributed by atoms with van der Waals surface area (Å²) in [5, 5.41) is 29.1. The highest BCUT2D eigenvalue weighted by Crippen LogP contribution is 2.36. The van der Waals surface area contributed by atoms with Gasteiger partial charge in [0.25, 0.3) is 0 Å². The van der Waals surface area contributed by atoms with E-state index in [1.165, 1.54) is 0 Å². The average Bonchev–Trinajstić information content (AvgIpc) is 2.39. The Kier molecular flexibility index (Phi) is 3.42. The van der Waals surface area contributed by atoms with E-state index in [4.69, 9.17) is 14.2 Å². The molecule has 0 radical (unpaired) electrons. The van der Waals surface area contributed by atoms with Gasteiger partial charge in [-0.05, 0) is 6.07 Å². The summed E-state index contributed by atoms with van der Waals surface area (Å²) in [5.74, 6) is 0.0807. The molecule has 19 heavy (non-hydrogen) atoms. The van der Waals surface area contributed by atoms with Gasteiger partial charge >= 0.3 is 0 Å². The molecule has 2 aliphatic rings. The second kappa shape index (κ2) is 5.07. The van der Waals surface area contributed by atoms with E-state index in [-0.39, 0.29) is 18.8 Å². The number of hydrogen-bond donors (Lipinski definition) is 3. The van der Waals surface area contributed by atoms with Crippen molar-refractivity contribution in [3.63, 3.8) is 0 Å². The highest BCUT2D eigenvalue weighted by atomic mass is 16.7. The lowest BCUT2D eigenvalue weighted by Crippen LogP contribution is -2.54. The number of phenolic OH excluding ortho intramolecular Hbond substituents is 1. The minimum absolute atomic E-state index is 0.0807. The van der Waals surface area contributed by atoms with Crippen molar-refractivity contribution in [3.05, 3.63) is 29.8 Å². The van der Waals surface area contributed by atoms with Gasteiger partial charge in [-0.25, -0.2) is 0 Å². The van der Waals surface area contributed by atoms with Crippen molar-refractivity contribution < 1.29 is 29.5 Å². The number of aliphatic hydroxyl groups excluding tert-OH is 2. The SMILES string of the molecule is Oc1ccccc1C1OC[C@H]2OC(O)C[C@@H](O)[C@H]2O1. The quantitative estimate of drug-likeness (QED) is 0.678. The summed E-state index contributed by atoms with van der Waals surface area (Å²) in [6.07, 6.45) is -3.51. The first-order valence-corrected chi connectivity index (χ1v) is 6.21. The van der Waals surface area contributed by atoms with Gasteiger partial charge in [0.2, 0.25) is 0 Å². The monoisotopic (exact) mass is 268 g/mol. The van der Waals surface area contributed by atoms with Gasteiger partial charge < -0.3 is 29.5 Å². The normalized spacial score (nSPS) is 38.7. The molecular formula is C13H16O6. The number of aliphatic hydroxyl groups is 2. The van der Waals surface area contributed by atoms with Gasteiger partial charge in [0.15, 0.2) is 12.6 Å². The lowest BCUT2D eigenvalue weighted by Gasteiger charge is -2.43. The Labute approximate surface area is 110 Å². The smallest absolute Gasteiger partial charge is 0.188 e. The fraction of sp³-hybridized carbons (Fsp3) is 0.538. The molecule has 0 spiro atoms. The van der Waals surface area contributed by atoms with Crippen molar-refractivity contribution in [2.24, 2.45) is 0 Å². The van der Waals surface area contributed by atoms with E-state index in [0.29, 0.717) is 5.56 Å². The maximum atomic E-state index is 9.93. The van der Waals surface area contributed by atoms with Crippen LogP contribution in [-0.4, -0.2) is 46.5 Å². The Balaban J connectivity index is 1.77. The summed E-state index contributed by atoms with van der Waals surface area (Å²) in [7, 11) is 0. The number of fused-ring (bicyclic) bond motifs is 1. The summed E-state index contributed by atoms with van der Waals surface area (Å²) in [6.45, 7) is 0.192. The van der Waals surface area contributed by atoms with Crippen LogP contribution in [0.15, 0.2) is 24.3 Å². The number of phenols is 1. The van der Waals surface area contributed by atoms with Crippen LogP contribution >= 0.6 is 0 Å². The van der Waals surface area contributed by atoms with Crippen LogP contribution in [0.2, 0.25) is 0 Å². The van der Waals surface area contributed by atoms with Crippen molar-refractivity contribution in [3.8, 4) is 5.75 Å². The molecule has 0 saturated carbocycles. The molecule has 2 saturated heterocycles. The van der Waals surface area contributed by atoms with Crippen LogP contribution in [0.4, 0.5) is 0 Å². The maximum Gasteiger partial charge on any atom is 0.188 e. The first kappa shape index (κ1) is 12.8. The Hall–Kier alpha value is -1.18. The van der Waals surface area contributed by atoms with Crippen LogP contribution in [0.3, 0.4) is 0 Å². The predicted molar refractivity (Wildman–Crippen MR) is 63.2 cm³/mol. The third kappa shape index (κ3) is 2.45. The Morgan fingerprint density at radius 1 is 1.11 bits per heavy atom. The van der Waals surface area contributed by atoms with Crippen LogP contribution in [0.1, 0.15) is 18.3 Å². The van der Waals surface area contributed by atoms with Crippen LogP contribution < -0.4 is 0 Å². The molecular weight excluding hydrogens is 252 g/mol. The van der Waals surface area contributed by atoms with Crippen LogP contribution in [-0.2, 0) is 14.2 Å². The summed E-state index contributed by atoms with van der Waals surface area (Å²) >= 11 is 0. The average molecular weight is 268 g/mol. The Morgan fingerprint density at radius 2 is 1.89 bits per heavy atom. The van der Waals surface area contributed by atoms with Crippen LogP contribution in [0.25, 0.3) is 0 Å². The summed E-state index contributed by atoms with van der Waals surface area (Å²) in [6, 6.07) is 6.72. The van der Waals surface area contributed by atoms with Crippen molar-refractivity contribution in [1.82, 2.24) is 0 Å². The van der Waals surface area contributed by atoms with Gasteiger partial charge in [0.05, 0.1) is 12.7 Å². The number of rotatable bonds is 1. The van der Waals surface area contributed by atoms with Gasteiger partial charge in [0, 0.05) is 12.0 Å². The van der Waals surface area contributed by atoms with Crippen LogP contribution in [0.5, 0.6) is 5.75 Å². The lowest BCUT2D eigenvalue weighted by atomic mass is 10.0. The van der Waals surface area contributed by atoms with Crippen molar-refractivity contribution >= 4 is 0 Å². The number of ether oxygens (including phenoxy) is 3. The molecule has 104 valence electrons. The predicted octanol–water partition coefficient (Wildman–Crippen LogP) is 0.274. The third-order valence-corrected chi connectivity index (χ3v) is 3.40. The van der Waals surface area contributed by atoms with E-state index in [2.05, 4.69) is 0 Å². The van der Waals surface area contributed by atoms with Crippen molar-refractivity contribution in [2.45, 2.75) is 37.3 Å².